The molecule has 2 aromatic rings. The average molecular weight is 366 g/mol. The van der Waals surface area contributed by atoms with Crippen LogP contribution in [0.5, 0.6) is 0 Å². The lowest BCUT2D eigenvalue weighted by molar-refractivity contribution is -0.120. The number of fused-ring (bicyclic) bond motifs is 1. The van der Waals surface area contributed by atoms with E-state index in [0.717, 1.165) is 36.8 Å². The van der Waals surface area contributed by atoms with Crippen molar-refractivity contribution in [3.05, 3.63) is 30.6 Å². The second-order valence-electron chi connectivity index (χ2n) is 7.87. The van der Waals surface area contributed by atoms with Gasteiger partial charge in [0.25, 0.3) is 0 Å². The van der Waals surface area contributed by atoms with E-state index >= 15 is 0 Å². The van der Waals surface area contributed by atoms with Crippen LogP contribution in [0.3, 0.4) is 0 Å². The van der Waals surface area contributed by atoms with Gasteiger partial charge in [-0.2, -0.15) is 5.10 Å². The number of aromatic nitrogens is 2. The van der Waals surface area contributed by atoms with Gasteiger partial charge < -0.3 is 10.0 Å². The molecule has 0 radical (unpaired) electrons. The Balaban J connectivity index is 1.56. The molecular formula is C20H22N4O3. The van der Waals surface area contributed by atoms with E-state index in [4.69, 9.17) is 0 Å². The van der Waals surface area contributed by atoms with E-state index in [1.807, 2.05) is 42.2 Å². The number of anilines is 2. The summed E-state index contributed by atoms with van der Waals surface area (Å²) >= 11 is 0. The van der Waals surface area contributed by atoms with Crippen LogP contribution in [0.4, 0.5) is 16.2 Å². The molecule has 0 bridgehead atoms. The maximum atomic E-state index is 12.8. The van der Waals surface area contributed by atoms with Crippen molar-refractivity contribution in [1.29, 1.82) is 0 Å². The molecule has 2 heterocycles. The molecule has 0 unspecified atom stereocenters. The third kappa shape index (κ3) is 2.78. The number of benzene rings is 1. The first-order valence-electron chi connectivity index (χ1n) is 9.55. The maximum Gasteiger partial charge on any atom is 0.411 e. The van der Waals surface area contributed by atoms with Crippen LogP contribution < -0.4 is 9.80 Å². The van der Waals surface area contributed by atoms with Crippen molar-refractivity contribution >= 4 is 23.4 Å². The normalized spacial score (nSPS) is 21.9. The SMILES string of the molecule is C[C@H]1CN(C(=O)O)c2cc(-c3cnn(C4CC4)c3)ccc2N1C(=O)C1CC1. The van der Waals surface area contributed by atoms with Gasteiger partial charge in [0.2, 0.25) is 5.91 Å². The lowest BCUT2D eigenvalue weighted by atomic mass is 10.0. The molecule has 2 amide bonds. The zero-order valence-corrected chi connectivity index (χ0v) is 15.2. The summed E-state index contributed by atoms with van der Waals surface area (Å²) in [4.78, 5) is 27.8. The zero-order chi connectivity index (χ0) is 18.7. The minimum absolute atomic E-state index is 0.0909. The quantitative estimate of drug-likeness (QED) is 0.901. The van der Waals surface area contributed by atoms with E-state index in [1.54, 1.807) is 4.90 Å². The van der Waals surface area contributed by atoms with Gasteiger partial charge in [-0.05, 0) is 50.3 Å². The molecule has 1 N–H and O–H groups in total. The van der Waals surface area contributed by atoms with Crippen LogP contribution >= 0.6 is 0 Å². The van der Waals surface area contributed by atoms with Gasteiger partial charge in [0.05, 0.1) is 29.7 Å². The monoisotopic (exact) mass is 366 g/mol. The highest BCUT2D eigenvalue weighted by molar-refractivity contribution is 6.04. The van der Waals surface area contributed by atoms with Crippen molar-refractivity contribution in [2.75, 3.05) is 16.3 Å². The molecule has 1 aliphatic heterocycles. The number of nitrogens with zero attached hydrogens (tertiary/aromatic N) is 4. The molecule has 0 spiro atoms. The summed E-state index contributed by atoms with van der Waals surface area (Å²) < 4.78 is 1.98. The first kappa shape index (κ1) is 16.4. The van der Waals surface area contributed by atoms with Crippen LogP contribution in [-0.2, 0) is 4.79 Å². The molecular weight excluding hydrogens is 344 g/mol. The van der Waals surface area contributed by atoms with Gasteiger partial charge in [0.15, 0.2) is 0 Å². The Morgan fingerprint density at radius 1 is 1.11 bits per heavy atom. The summed E-state index contributed by atoms with van der Waals surface area (Å²) in [5.41, 5.74) is 3.15. The van der Waals surface area contributed by atoms with Gasteiger partial charge in [-0.15, -0.1) is 0 Å². The summed E-state index contributed by atoms with van der Waals surface area (Å²) in [6.07, 6.45) is 7.03. The van der Waals surface area contributed by atoms with Crippen LogP contribution in [0.25, 0.3) is 11.1 Å². The number of hydrogen-bond acceptors (Lipinski definition) is 3. The standard InChI is InChI=1S/C20H22N4O3/c1-12-10-22(20(26)27)18-8-14(15-9-21-23(11-15)16-5-6-16)4-7-17(18)24(12)19(25)13-2-3-13/h4,7-9,11-13,16H,2-3,5-6,10H2,1H3,(H,26,27)/t12-/m0/s1. The predicted octanol–water partition coefficient (Wildman–Crippen LogP) is 3.51. The van der Waals surface area contributed by atoms with Gasteiger partial charge >= 0.3 is 6.09 Å². The van der Waals surface area contributed by atoms with Crippen LogP contribution in [0.15, 0.2) is 30.6 Å². The fraction of sp³-hybridized carbons (Fsp3) is 0.450. The van der Waals surface area contributed by atoms with Crippen LogP contribution in [0, 0.1) is 5.92 Å². The number of amides is 2. The highest BCUT2D eigenvalue weighted by atomic mass is 16.4. The van der Waals surface area contributed by atoms with E-state index in [2.05, 4.69) is 5.10 Å². The molecule has 3 aliphatic rings. The number of carbonyl (C=O) groups is 2. The van der Waals surface area contributed by atoms with Crippen LogP contribution in [0.2, 0.25) is 0 Å². The Bertz CT molecular complexity index is 929. The van der Waals surface area contributed by atoms with Crippen molar-refractivity contribution in [1.82, 2.24) is 9.78 Å². The molecule has 1 atom stereocenters. The molecule has 0 saturated heterocycles. The molecule has 2 aliphatic carbocycles. The molecule has 1 aromatic carbocycles. The van der Waals surface area contributed by atoms with Gasteiger partial charge in [0, 0.05) is 24.2 Å². The van der Waals surface area contributed by atoms with E-state index in [0.29, 0.717) is 17.4 Å². The third-order valence-electron chi connectivity index (χ3n) is 5.66. The predicted molar refractivity (Wildman–Crippen MR) is 101 cm³/mol. The second-order valence-corrected chi connectivity index (χ2v) is 7.87. The Morgan fingerprint density at radius 3 is 2.56 bits per heavy atom. The van der Waals surface area contributed by atoms with Crippen molar-refractivity contribution in [2.45, 2.75) is 44.7 Å². The van der Waals surface area contributed by atoms with E-state index in [-0.39, 0.29) is 24.4 Å². The highest BCUT2D eigenvalue weighted by Gasteiger charge is 2.41. The van der Waals surface area contributed by atoms with E-state index in [1.165, 1.54) is 4.90 Å². The van der Waals surface area contributed by atoms with E-state index < -0.39 is 6.09 Å². The summed E-state index contributed by atoms with van der Waals surface area (Å²) in [6, 6.07) is 6.03. The lowest BCUT2D eigenvalue weighted by Gasteiger charge is -2.40. The van der Waals surface area contributed by atoms with Crippen molar-refractivity contribution in [3.8, 4) is 11.1 Å². The third-order valence-corrected chi connectivity index (χ3v) is 5.66. The zero-order valence-electron chi connectivity index (χ0n) is 15.2. The molecule has 7 nitrogen and oxygen atoms in total. The molecule has 5 rings (SSSR count). The first-order chi connectivity index (χ1) is 13.0. The summed E-state index contributed by atoms with van der Waals surface area (Å²) in [6.45, 7) is 2.19. The fourth-order valence-electron chi connectivity index (χ4n) is 3.87. The van der Waals surface area contributed by atoms with Crippen molar-refractivity contribution in [3.63, 3.8) is 0 Å². The maximum absolute atomic E-state index is 12.8. The molecule has 1 aromatic heterocycles. The smallest absolute Gasteiger partial charge is 0.411 e. The Kier molecular flexibility index (Phi) is 3.54. The minimum Gasteiger partial charge on any atom is -0.465 e. The summed E-state index contributed by atoms with van der Waals surface area (Å²) in [5, 5.41) is 14.1. The second kappa shape index (κ2) is 5.84. The Morgan fingerprint density at radius 2 is 1.89 bits per heavy atom. The Hall–Kier alpha value is -2.83. The van der Waals surface area contributed by atoms with Gasteiger partial charge in [-0.3, -0.25) is 14.4 Å². The van der Waals surface area contributed by atoms with Crippen molar-refractivity contribution in [2.24, 2.45) is 5.92 Å². The summed E-state index contributed by atoms with van der Waals surface area (Å²) in [5.74, 6) is 0.205. The minimum atomic E-state index is -0.993. The van der Waals surface area contributed by atoms with Crippen molar-refractivity contribution < 1.29 is 14.7 Å². The number of hydrogen-bond donors (Lipinski definition) is 1. The number of carbonyl (C=O) groups excluding carboxylic acids is 1. The Labute approximate surface area is 157 Å². The average Bonchev–Trinajstić information content (AvgIpc) is 3.58. The largest absolute Gasteiger partial charge is 0.465 e. The molecule has 7 heteroatoms. The summed E-state index contributed by atoms with van der Waals surface area (Å²) in [7, 11) is 0. The topological polar surface area (TPSA) is 78.7 Å². The number of carboxylic acid groups (broad SMARTS) is 1. The highest BCUT2D eigenvalue weighted by Crippen LogP contribution is 2.42. The van der Waals surface area contributed by atoms with Crippen LogP contribution in [-0.4, -0.2) is 39.5 Å². The van der Waals surface area contributed by atoms with E-state index in [9.17, 15) is 14.7 Å². The lowest BCUT2D eigenvalue weighted by Crippen LogP contribution is -2.52. The fourth-order valence-corrected chi connectivity index (χ4v) is 3.87. The molecule has 140 valence electrons. The van der Waals surface area contributed by atoms with Gasteiger partial charge in [0.1, 0.15) is 0 Å². The number of rotatable bonds is 3. The van der Waals surface area contributed by atoms with Gasteiger partial charge in [-0.1, -0.05) is 6.07 Å². The first-order valence-corrected chi connectivity index (χ1v) is 9.55. The van der Waals surface area contributed by atoms with Gasteiger partial charge in [-0.25, -0.2) is 4.79 Å². The molecule has 27 heavy (non-hydrogen) atoms. The molecule has 2 saturated carbocycles. The molecule has 2 fully saturated rings. The van der Waals surface area contributed by atoms with Crippen LogP contribution in [0.1, 0.15) is 38.6 Å².